The number of likely N-dealkylation sites (tertiary alicyclic amines) is 2. The molecule has 2 aliphatic rings. The summed E-state index contributed by atoms with van der Waals surface area (Å²) in [6, 6.07) is 17.8. The number of carbonyl (C=O) groups excluding carboxylic acids is 1. The highest BCUT2D eigenvalue weighted by atomic mass is 16.5. The number of hydrogen-bond donors (Lipinski definition) is 2. The molecule has 0 radical (unpaired) electrons. The first-order valence-electron chi connectivity index (χ1n) is 13.8. The molecule has 2 N–H and O–H groups in total. The highest BCUT2D eigenvalue weighted by Gasteiger charge is 2.33. The molecule has 1 aromatic heterocycles. The lowest BCUT2D eigenvalue weighted by atomic mass is 9.91. The third-order valence-corrected chi connectivity index (χ3v) is 7.61. The molecule has 0 aliphatic carbocycles. The van der Waals surface area contributed by atoms with Crippen molar-refractivity contribution in [1.29, 1.82) is 0 Å². The van der Waals surface area contributed by atoms with Gasteiger partial charge in [-0.1, -0.05) is 37.3 Å². The van der Waals surface area contributed by atoms with Crippen molar-refractivity contribution < 1.29 is 29.2 Å². The summed E-state index contributed by atoms with van der Waals surface area (Å²) in [6.07, 6.45) is 1.15. The molecule has 2 atom stereocenters. The molecule has 2 unspecified atom stereocenters. The van der Waals surface area contributed by atoms with E-state index in [2.05, 4.69) is 36.2 Å². The summed E-state index contributed by atoms with van der Waals surface area (Å²) in [5.41, 5.74) is 3.85. The number of benzene rings is 2. The lowest BCUT2D eigenvalue weighted by molar-refractivity contribution is 0.0572. The predicted octanol–water partition coefficient (Wildman–Crippen LogP) is 2.89. The normalized spacial score (nSPS) is 19.4. The van der Waals surface area contributed by atoms with Crippen molar-refractivity contribution in [3.05, 3.63) is 83.2 Å². The molecule has 40 heavy (non-hydrogen) atoms. The SMILES string of the molecule is CCc1ccc(COc2ccc(C3CN(C(=O)c4cc(OCCN5CC(O)C(O)C5)ccn4)C3)cc2OC)cc1. The Labute approximate surface area is 234 Å². The van der Waals surface area contributed by atoms with E-state index in [1.165, 1.54) is 5.56 Å². The second-order valence-electron chi connectivity index (χ2n) is 10.4. The average molecular weight is 548 g/mol. The summed E-state index contributed by atoms with van der Waals surface area (Å²) in [5.74, 6) is 2.01. The molecule has 2 fully saturated rings. The van der Waals surface area contributed by atoms with Gasteiger partial charge in [-0.15, -0.1) is 0 Å². The van der Waals surface area contributed by atoms with Gasteiger partial charge in [0.05, 0.1) is 19.3 Å². The number of ether oxygens (including phenoxy) is 3. The maximum atomic E-state index is 13.0. The summed E-state index contributed by atoms with van der Waals surface area (Å²) in [5, 5.41) is 19.3. The Hall–Kier alpha value is -3.66. The van der Waals surface area contributed by atoms with Crippen LogP contribution in [0.5, 0.6) is 17.2 Å². The molecule has 9 heteroatoms. The van der Waals surface area contributed by atoms with Crippen LogP contribution < -0.4 is 14.2 Å². The largest absolute Gasteiger partial charge is 0.493 e. The van der Waals surface area contributed by atoms with Crippen LogP contribution in [0, 0.1) is 0 Å². The molecule has 2 saturated heterocycles. The van der Waals surface area contributed by atoms with Crippen molar-refractivity contribution in [2.45, 2.75) is 38.1 Å². The number of hydrogen-bond acceptors (Lipinski definition) is 8. The smallest absolute Gasteiger partial charge is 0.272 e. The number of aromatic nitrogens is 1. The van der Waals surface area contributed by atoms with Crippen LogP contribution in [0.4, 0.5) is 0 Å². The van der Waals surface area contributed by atoms with E-state index in [9.17, 15) is 15.0 Å². The minimum Gasteiger partial charge on any atom is -0.493 e. The third kappa shape index (κ3) is 6.55. The zero-order chi connectivity index (χ0) is 28.1. The van der Waals surface area contributed by atoms with Crippen LogP contribution >= 0.6 is 0 Å². The van der Waals surface area contributed by atoms with Gasteiger partial charge in [-0.05, 0) is 41.3 Å². The Morgan fingerprint density at radius 3 is 2.35 bits per heavy atom. The number of methoxy groups -OCH3 is 1. The maximum Gasteiger partial charge on any atom is 0.272 e. The van der Waals surface area contributed by atoms with Crippen LogP contribution in [0.3, 0.4) is 0 Å². The first kappa shape index (κ1) is 27.9. The number of β-amino-alcohol motifs (C(OH)–C–C–N with tert-alkyl or cyclic N) is 2. The van der Waals surface area contributed by atoms with Crippen LogP contribution in [0.2, 0.25) is 0 Å². The quantitative estimate of drug-likeness (QED) is 0.378. The summed E-state index contributed by atoms with van der Waals surface area (Å²) < 4.78 is 17.4. The standard InChI is InChI=1S/C31H37N3O6/c1-3-21-4-6-22(7-5-21)20-40-29-9-8-23(14-30(29)38-2)24-16-34(17-24)31(37)26-15-25(10-11-32-26)39-13-12-33-18-27(35)28(36)19-33/h4-11,14-15,24,27-28,35-36H,3,12-13,16-20H2,1-2H3. The van der Waals surface area contributed by atoms with Gasteiger partial charge in [0.15, 0.2) is 11.5 Å². The lowest BCUT2D eigenvalue weighted by Crippen LogP contribution is -2.48. The fourth-order valence-corrected chi connectivity index (χ4v) is 5.05. The number of pyridine rings is 1. The minimum atomic E-state index is -0.716. The number of carbonyl (C=O) groups is 1. The van der Waals surface area contributed by atoms with E-state index in [4.69, 9.17) is 14.2 Å². The fourth-order valence-electron chi connectivity index (χ4n) is 5.05. The Morgan fingerprint density at radius 2 is 1.65 bits per heavy atom. The molecular weight excluding hydrogens is 510 g/mol. The van der Waals surface area contributed by atoms with E-state index in [1.807, 2.05) is 23.1 Å². The molecule has 2 aliphatic heterocycles. The molecule has 0 spiro atoms. The molecule has 3 heterocycles. The maximum absolute atomic E-state index is 13.0. The summed E-state index contributed by atoms with van der Waals surface area (Å²) in [4.78, 5) is 21.0. The first-order valence-corrected chi connectivity index (χ1v) is 13.8. The molecule has 9 nitrogen and oxygen atoms in total. The van der Waals surface area contributed by atoms with Crippen molar-refractivity contribution in [1.82, 2.24) is 14.8 Å². The van der Waals surface area contributed by atoms with E-state index in [0.717, 1.165) is 17.5 Å². The zero-order valence-electron chi connectivity index (χ0n) is 23.0. The number of aliphatic hydroxyl groups excluding tert-OH is 2. The van der Waals surface area contributed by atoms with E-state index >= 15 is 0 Å². The van der Waals surface area contributed by atoms with Crippen LogP contribution in [-0.2, 0) is 13.0 Å². The second-order valence-corrected chi connectivity index (χ2v) is 10.4. The van der Waals surface area contributed by atoms with Crippen LogP contribution in [0.25, 0.3) is 0 Å². The molecule has 1 amide bonds. The molecule has 0 bridgehead atoms. The summed E-state index contributed by atoms with van der Waals surface area (Å²) in [6.45, 7) is 5.61. The van der Waals surface area contributed by atoms with Crippen molar-refractivity contribution in [2.75, 3.05) is 46.4 Å². The van der Waals surface area contributed by atoms with Crippen molar-refractivity contribution >= 4 is 5.91 Å². The molecule has 0 saturated carbocycles. The molecular formula is C31H37N3O6. The van der Waals surface area contributed by atoms with Crippen molar-refractivity contribution in [3.63, 3.8) is 0 Å². The Morgan fingerprint density at radius 1 is 0.925 bits per heavy atom. The van der Waals surface area contributed by atoms with Gasteiger partial charge in [0.1, 0.15) is 24.7 Å². The molecule has 2 aromatic carbocycles. The summed E-state index contributed by atoms with van der Waals surface area (Å²) >= 11 is 0. The van der Waals surface area contributed by atoms with Gasteiger partial charge in [0, 0.05) is 50.9 Å². The Balaban J connectivity index is 1.12. The number of aliphatic hydroxyl groups is 2. The lowest BCUT2D eigenvalue weighted by Gasteiger charge is -2.39. The van der Waals surface area contributed by atoms with Gasteiger partial charge >= 0.3 is 0 Å². The highest BCUT2D eigenvalue weighted by molar-refractivity contribution is 5.93. The second kappa shape index (κ2) is 12.7. The van der Waals surface area contributed by atoms with E-state index < -0.39 is 12.2 Å². The number of nitrogens with zero attached hydrogens (tertiary/aromatic N) is 3. The van der Waals surface area contributed by atoms with E-state index in [-0.39, 0.29) is 11.8 Å². The topological polar surface area (TPSA) is 105 Å². The number of amides is 1. The van der Waals surface area contributed by atoms with Gasteiger partial charge < -0.3 is 29.3 Å². The number of aryl methyl sites for hydroxylation is 1. The van der Waals surface area contributed by atoms with Gasteiger partial charge in [-0.3, -0.25) is 14.7 Å². The Kier molecular flexibility index (Phi) is 8.84. The molecule has 212 valence electrons. The van der Waals surface area contributed by atoms with E-state index in [1.54, 1.807) is 30.3 Å². The predicted molar refractivity (Wildman–Crippen MR) is 150 cm³/mol. The third-order valence-electron chi connectivity index (χ3n) is 7.61. The van der Waals surface area contributed by atoms with Gasteiger partial charge in [-0.25, -0.2) is 0 Å². The monoisotopic (exact) mass is 547 g/mol. The molecule has 5 rings (SSSR count). The Bertz CT molecular complexity index is 1280. The van der Waals surface area contributed by atoms with Gasteiger partial charge in [0.2, 0.25) is 0 Å². The minimum absolute atomic E-state index is 0.131. The van der Waals surface area contributed by atoms with Crippen molar-refractivity contribution in [3.8, 4) is 17.2 Å². The highest BCUT2D eigenvalue weighted by Crippen LogP contribution is 2.35. The van der Waals surface area contributed by atoms with Gasteiger partial charge in [0.25, 0.3) is 5.91 Å². The molecule has 3 aromatic rings. The first-order chi connectivity index (χ1) is 19.4. The van der Waals surface area contributed by atoms with Gasteiger partial charge in [-0.2, -0.15) is 0 Å². The zero-order valence-corrected chi connectivity index (χ0v) is 23.0. The van der Waals surface area contributed by atoms with Crippen LogP contribution in [0.15, 0.2) is 60.8 Å². The fraction of sp³-hybridized carbons (Fsp3) is 0.419. The number of rotatable bonds is 11. The average Bonchev–Trinajstić information content (AvgIpc) is 3.28. The van der Waals surface area contributed by atoms with Crippen LogP contribution in [0.1, 0.15) is 40.0 Å². The summed E-state index contributed by atoms with van der Waals surface area (Å²) in [7, 11) is 1.64. The van der Waals surface area contributed by atoms with E-state index in [0.29, 0.717) is 68.9 Å². The van der Waals surface area contributed by atoms with Crippen molar-refractivity contribution in [2.24, 2.45) is 0 Å². The van der Waals surface area contributed by atoms with Crippen LogP contribution in [-0.4, -0.2) is 89.6 Å².